The Morgan fingerprint density at radius 1 is 1.10 bits per heavy atom. The van der Waals surface area contributed by atoms with Gasteiger partial charge in [0, 0.05) is 17.7 Å². The van der Waals surface area contributed by atoms with E-state index in [0.717, 1.165) is 12.0 Å². The number of carboxylic acid groups (broad SMARTS) is 1. The van der Waals surface area contributed by atoms with Gasteiger partial charge in [0.1, 0.15) is 5.75 Å². The van der Waals surface area contributed by atoms with Crippen molar-refractivity contribution >= 4 is 23.9 Å². The maximum Gasteiger partial charge on any atom is 0.341 e. The van der Waals surface area contributed by atoms with E-state index >= 15 is 0 Å². The molecule has 3 N–H and O–H groups in total. The van der Waals surface area contributed by atoms with Crippen LogP contribution in [0.1, 0.15) is 39.1 Å². The van der Waals surface area contributed by atoms with E-state index < -0.39 is 18.6 Å². The molecule has 1 fully saturated rings. The van der Waals surface area contributed by atoms with Gasteiger partial charge in [0.2, 0.25) is 0 Å². The van der Waals surface area contributed by atoms with E-state index in [1.165, 1.54) is 6.21 Å². The molecule has 1 heterocycles. The Kier molecular flexibility index (Phi) is 6.23. The fraction of sp³-hybridized carbons (Fsp3) is 0.238. The Hall–Kier alpha value is -3.68. The second kappa shape index (κ2) is 9.01. The van der Waals surface area contributed by atoms with Crippen molar-refractivity contribution in [1.82, 2.24) is 4.90 Å². The highest BCUT2D eigenvalue weighted by atomic mass is 16.5. The van der Waals surface area contributed by atoms with Gasteiger partial charge in [0.25, 0.3) is 5.91 Å². The first-order valence-electron chi connectivity index (χ1n) is 9.13. The number of aliphatic carboxylic acids is 1. The molecule has 3 rings (SSSR count). The summed E-state index contributed by atoms with van der Waals surface area (Å²) in [6.07, 6.45) is 2.83. The number of Topliss-reactive ketones (excluding diaryl/α,β-unsaturated/α-hetero) is 1. The summed E-state index contributed by atoms with van der Waals surface area (Å²) in [7, 11) is 0. The molecule has 0 saturated carbocycles. The molecule has 0 spiro atoms. The van der Waals surface area contributed by atoms with Crippen LogP contribution in [0, 0.1) is 0 Å². The van der Waals surface area contributed by atoms with Gasteiger partial charge < -0.3 is 20.6 Å². The number of carbonyl (C=O) groups excluding carboxylic acids is 2. The van der Waals surface area contributed by atoms with Gasteiger partial charge in [-0.25, -0.2) is 4.79 Å². The van der Waals surface area contributed by atoms with Crippen molar-refractivity contribution < 1.29 is 24.2 Å². The van der Waals surface area contributed by atoms with Gasteiger partial charge >= 0.3 is 5.97 Å². The minimum Gasteiger partial charge on any atom is -0.482 e. The van der Waals surface area contributed by atoms with Crippen LogP contribution in [-0.4, -0.2) is 53.1 Å². The van der Waals surface area contributed by atoms with Gasteiger partial charge in [-0.1, -0.05) is 12.1 Å². The van der Waals surface area contributed by atoms with E-state index in [1.807, 2.05) is 0 Å². The van der Waals surface area contributed by atoms with E-state index in [0.29, 0.717) is 29.8 Å². The number of rotatable bonds is 7. The lowest BCUT2D eigenvalue weighted by atomic mass is 10.0. The Bertz CT molecular complexity index is 922. The number of hydrazone groups is 1. The fourth-order valence-corrected chi connectivity index (χ4v) is 3.30. The Morgan fingerprint density at radius 3 is 2.38 bits per heavy atom. The molecule has 1 amide bonds. The highest BCUT2D eigenvalue weighted by Crippen LogP contribution is 2.24. The summed E-state index contributed by atoms with van der Waals surface area (Å²) in [5.74, 6) is 4.08. The predicted molar refractivity (Wildman–Crippen MR) is 106 cm³/mol. The number of ether oxygens (including phenoxy) is 1. The molecule has 1 atom stereocenters. The highest BCUT2D eigenvalue weighted by molar-refractivity contribution is 6.04. The molecular formula is C21H21N3O5. The van der Waals surface area contributed by atoms with E-state index in [-0.39, 0.29) is 11.7 Å². The SMILES string of the molecule is NN=Cc1ccc(C(=O)N2CCC[C@@H]2C(=O)c2ccc(OCC(=O)O)cc2)cc1. The summed E-state index contributed by atoms with van der Waals surface area (Å²) in [5.41, 5.74) is 1.73. The van der Waals surface area contributed by atoms with Crippen LogP contribution in [0.3, 0.4) is 0 Å². The monoisotopic (exact) mass is 395 g/mol. The zero-order valence-corrected chi connectivity index (χ0v) is 15.7. The number of nitrogens with zero attached hydrogens (tertiary/aromatic N) is 2. The first-order chi connectivity index (χ1) is 14.0. The summed E-state index contributed by atoms with van der Waals surface area (Å²) >= 11 is 0. The average molecular weight is 395 g/mol. The molecule has 0 unspecified atom stereocenters. The minimum atomic E-state index is -1.08. The third-order valence-corrected chi connectivity index (χ3v) is 4.70. The number of nitrogens with two attached hydrogens (primary N) is 1. The van der Waals surface area contributed by atoms with Crippen LogP contribution < -0.4 is 10.6 Å². The smallest absolute Gasteiger partial charge is 0.341 e. The Morgan fingerprint density at radius 2 is 1.76 bits per heavy atom. The van der Waals surface area contributed by atoms with Crippen LogP contribution in [0.15, 0.2) is 53.6 Å². The van der Waals surface area contributed by atoms with Crippen LogP contribution in [0.2, 0.25) is 0 Å². The molecule has 29 heavy (non-hydrogen) atoms. The number of hydrogen-bond donors (Lipinski definition) is 2. The van der Waals surface area contributed by atoms with Crippen molar-refractivity contribution in [2.24, 2.45) is 10.9 Å². The van der Waals surface area contributed by atoms with Crippen LogP contribution >= 0.6 is 0 Å². The number of hydrogen-bond acceptors (Lipinski definition) is 6. The summed E-state index contributed by atoms with van der Waals surface area (Å²) in [4.78, 5) is 38.0. The third kappa shape index (κ3) is 4.78. The predicted octanol–water partition coefficient (Wildman–Crippen LogP) is 1.93. The van der Waals surface area contributed by atoms with Gasteiger partial charge in [-0.05, 0) is 54.8 Å². The van der Waals surface area contributed by atoms with Gasteiger partial charge in [-0.3, -0.25) is 9.59 Å². The van der Waals surface area contributed by atoms with Crippen molar-refractivity contribution in [3.05, 3.63) is 65.2 Å². The van der Waals surface area contributed by atoms with Crippen LogP contribution in [-0.2, 0) is 4.79 Å². The maximum absolute atomic E-state index is 12.9. The molecule has 0 aliphatic carbocycles. The molecule has 0 bridgehead atoms. The molecule has 2 aromatic carbocycles. The highest BCUT2D eigenvalue weighted by Gasteiger charge is 2.34. The molecule has 1 aliphatic rings. The molecule has 150 valence electrons. The lowest BCUT2D eigenvalue weighted by molar-refractivity contribution is -0.139. The lowest BCUT2D eigenvalue weighted by Crippen LogP contribution is -2.40. The number of carboxylic acids is 1. The molecule has 0 radical (unpaired) electrons. The molecule has 8 nitrogen and oxygen atoms in total. The normalized spacial score (nSPS) is 16.1. The van der Waals surface area contributed by atoms with E-state index in [1.54, 1.807) is 53.4 Å². The number of benzene rings is 2. The second-order valence-corrected chi connectivity index (χ2v) is 6.63. The molecule has 0 aromatic heterocycles. The summed E-state index contributed by atoms with van der Waals surface area (Å²) in [6, 6.07) is 12.6. The van der Waals surface area contributed by atoms with Crippen molar-refractivity contribution in [1.29, 1.82) is 0 Å². The van der Waals surface area contributed by atoms with Gasteiger partial charge in [0.05, 0.1) is 12.3 Å². The first kappa shape index (κ1) is 20.1. The van der Waals surface area contributed by atoms with Gasteiger partial charge in [0.15, 0.2) is 12.4 Å². The van der Waals surface area contributed by atoms with Crippen molar-refractivity contribution in [2.45, 2.75) is 18.9 Å². The Balaban J connectivity index is 1.71. The average Bonchev–Trinajstić information content (AvgIpc) is 3.22. The standard InChI is InChI=1S/C21H21N3O5/c22-23-12-14-3-5-16(6-4-14)21(28)24-11-1-2-18(24)20(27)15-7-9-17(10-8-15)29-13-19(25)26/h3-10,12,18H,1-2,11,13,22H2,(H,25,26)/t18-/m1/s1. The van der Waals surface area contributed by atoms with Crippen LogP contribution in [0.25, 0.3) is 0 Å². The molecular weight excluding hydrogens is 374 g/mol. The van der Waals surface area contributed by atoms with Gasteiger partial charge in [-0.2, -0.15) is 5.10 Å². The first-order valence-corrected chi connectivity index (χ1v) is 9.13. The quantitative estimate of drug-likeness (QED) is 0.320. The number of ketones is 1. The third-order valence-electron chi connectivity index (χ3n) is 4.70. The topological polar surface area (TPSA) is 122 Å². The number of amides is 1. The zero-order valence-electron chi connectivity index (χ0n) is 15.7. The largest absolute Gasteiger partial charge is 0.482 e. The van der Waals surface area contributed by atoms with Crippen molar-refractivity contribution in [3.63, 3.8) is 0 Å². The van der Waals surface area contributed by atoms with Crippen LogP contribution in [0.4, 0.5) is 0 Å². The summed E-state index contributed by atoms with van der Waals surface area (Å²) < 4.78 is 5.08. The molecule has 8 heteroatoms. The fourth-order valence-electron chi connectivity index (χ4n) is 3.30. The zero-order chi connectivity index (χ0) is 20.8. The minimum absolute atomic E-state index is 0.146. The molecule has 1 saturated heterocycles. The maximum atomic E-state index is 12.9. The Labute approximate surface area is 167 Å². The van der Waals surface area contributed by atoms with Crippen molar-refractivity contribution in [3.8, 4) is 5.75 Å². The van der Waals surface area contributed by atoms with E-state index in [9.17, 15) is 14.4 Å². The second-order valence-electron chi connectivity index (χ2n) is 6.63. The lowest BCUT2D eigenvalue weighted by Gasteiger charge is -2.24. The van der Waals surface area contributed by atoms with E-state index in [2.05, 4.69) is 5.10 Å². The molecule has 2 aromatic rings. The molecule has 1 aliphatic heterocycles. The van der Waals surface area contributed by atoms with Gasteiger partial charge in [-0.15, -0.1) is 0 Å². The van der Waals surface area contributed by atoms with E-state index in [4.69, 9.17) is 15.7 Å². The van der Waals surface area contributed by atoms with Crippen molar-refractivity contribution in [2.75, 3.05) is 13.2 Å². The number of carbonyl (C=O) groups is 3. The summed E-state index contributed by atoms with van der Waals surface area (Å²) in [5, 5.41) is 12.1. The summed E-state index contributed by atoms with van der Waals surface area (Å²) in [6.45, 7) is 0.0647. The number of likely N-dealkylation sites (tertiary alicyclic amines) is 1. The van der Waals surface area contributed by atoms with Crippen LogP contribution in [0.5, 0.6) is 5.75 Å².